The minimum absolute atomic E-state index is 0.266. The van der Waals surface area contributed by atoms with Crippen LogP contribution in [0.15, 0.2) is 10.9 Å². The van der Waals surface area contributed by atoms with Crippen molar-refractivity contribution < 1.29 is 9.26 Å². The van der Waals surface area contributed by atoms with E-state index in [4.69, 9.17) is 20.9 Å². The molecule has 0 N–H and O–H groups in total. The normalized spacial score (nSPS) is 11.2. The molecule has 3 aromatic heterocycles. The summed E-state index contributed by atoms with van der Waals surface area (Å²) in [6.07, 6.45) is 2.01. The summed E-state index contributed by atoms with van der Waals surface area (Å²) in [5, 5.41) is 3.77. The van der Waals surface area contributed by atoms with Crippen molar-refractivity contribution >= 4 is 22.8 Å². The van der Waals surface area contributed by atoms with E-state index in [0.717, 1.165) is 0 Å². The van der Waals surface area contributed by atoms with Crippen molar-refractivity contribution in [3.05, 3.63) is 23.9 Å². The third-order valence-electron chi connectivity index (χ3n) is 3.01. The highest BCUT2D eigenvalue weighted by molar-refractivity contribution is 6.16. The third-order valence-corrected chi connectivity index (χ3v) is 3.25. The molecule has 0 aliphatic carbocycles. The van der Waals surface area contributed by atoms with E-state index in [0.29, 0.717) is 47.5 Å². The molecule has 0 saturated heterocycles. The van der Waals surface area contributed by atoms with Crippen molar-refractivity contribution in [2.75, 3.05) is 7.11 Å². The van der Waals surface area contributed by atoms with Gasteiger partial charge in [0.15, 0.2) is 17.0 Å². The van der Waals surface area contributed by atoms with Gasteiger partial charge in [-0.15, -0.1) is 11.6 Å². The first kappa shape index (κ1) is 13.7. The van der Waals surface area contributed by atoms with Crippen molar-refractivity contribution in [3.63, 3.8) is 0 Å². The van der Waals surface area contributed by atoms with E-state index < -0.39 is 0 Å². The number of aromatic nitrogens is 6. The zero-order valence-corrected chi connectivity index (χ0v) is 12.3. The zero-order valence-electron chi connectivity index (χ0n) is 11.6. The molecule has 0 atom stereocenters. The van der Waals surface area contributed by atoms with E-state index in [-0.39, 0.29) is 5.88 Å². The lowest BCUT2D eigenvalue weighted by molar-refractivity contribution is 0.368. The number of alkyl halides is 1. The van der Waals surface area contributed by atoms with E-state index in [1.165, 1.54) is 6.33 Å². The number of hydrogen-bond donors (Lipinski definition) is 0. The van der Waals surface area contributed by atoms with Crippen LogP contribution in [-0.2, 0) is 18.8 Å². The second kappa shape index (κ2) is 5.65. The molecule has 0 aliphatic heterocycles. The molecule has 0 aromatic carbocycles. The monoisotopic (exact) mass is 308 g/mol. The van der Waals surface area contributed by atoms with Crippen LogP contribution in [0.4, 0.5) is 0 Å². The Kier molecular flexibility index (Phi) is 3.70. The van der Waals surface area contributed by atoms with Gasteiger partial charge in [-0.2, -0.15) is 9.97 Å². The highest BCUT2D eigenvalue weighted by atomic mass is 35.5. The lowest BCUT2D eigenvalue weighted by atomic mass is 10.4. The predicted octanol–water partition coefficient (Wildman–Crippen LogP) is 1.51. The Hall–Kier alpha value is -2.22. The number of methoxy groups -OCH3 is 1. The first-order chi connectivity index (χ1) is 10.2. The number of hydrogen-bond acceptors (Lipinski definition) is 7. The van der Waals surface area contributed by atoms with Crippen molar-refractivity contribution in [3.8, 4) is 5.88 Å². The van der Waals surface area contributed by atoms with Crippen LogP contribution in [0.1, 0.15) is 17.5 Å². The minimum atomic E-state index is 0.266. The highest BCUT2D eigenvalue weighted by Gasteiger charge is 2.16. The molecule has 3 aromatic rings. The summed E-state index contributed by atoms with van der Waals surface area (Å²) in [5.74, 6) is 2.57. The van der Waals surface area contributed by atoms with Gasteiger partial charge in [0.1, 0.15) is 12.2 Å². The number of imidazole rings is 1. The summed E-state index contributed by atoms with van der Waals surface area (Å²) in [6, 6.07) is 0. The molecule has 0 fully saturated rings. The van der Waals surface area contributed by atoms with Crippen LogP contribution in [0, 0.1) is 6.92 Å². The molecule has 0 saturated carbocycles. The summed E-state index contributed by atoms with van der Waals surface area (Å²) in [4.78, 5) is 16.9. The van der Waals surface area contributed by atoms with Gasteiger partial charge >= 0.3 is 0 Å². The fourth-order valence-electron chi connectivity index (χ4n) is 2.10. The quantitative estimate of drug-likeness (QED) is 0.660. The zero-order chi connectivity index (χ0) is 14.8. The molecular weight excluding hydrogens is 296 g/mol. The Morgan fingerprint density at radius 2 is 2.19 bits per heavy atom. The van der Waals surface area contributed by atoms with E-state index in [1.54, 1.807) is 14.0 Å². The summed E-state index contributed by atoms with van der Waals surface area (Å²) < 4.78 is 12.2. The topological polar surface area (TPSA) is 91.8 Å². The van der Waals surface area contributed by atoms with Gasteiger partial charge in [-0.25, -0.2) is 9.97 Å². The minimum Gasteiger partial charge on any atom is -0.479 e. The van der Waals surface area contributed by atoms with E-state index in [9.17, 15) is 0 Å². The Labute approximate surface area is 125 Å². The highest BCUT2D eigenvalue weighted by Crippen LogP contribution is 2.22. The molecular formula is C12H13ClN6O2. The maximum Gasteiger partial charge on any atom is 0.245 e. The maximum atomic E-state index is 5.96. The molecule has 3 heterocycles. The van der Waals surface area contributed by atoms with Gasteiger partial charge in [-0.05, 0) is 6.92 Å². The summed E-state index contributed by atoms with van der Waals surface area (Å²) in [7, 11) is 1.54. The van der Waals surface area contributed by atoms with Gasteiger partial charge in [-0.1, -0.05) is 5.16 Å². The number of halogens is 1. The first-order valence-electron chi connectivity index (χ1n) is 6.32. The number of fused-ring (bicyclic) bond motifs is 1. The number of ether oxygens (including phenoxy) is 1. The number of aryl methyl sites for hydroxylation is 3. The average Bonchev–Trinajstić information content (AvgIpc) is 3.07. The fourth-order valence-corrected chi connectivity index (χ4v) is 2.30. The molecule has 8 nitrogen and oxygen atoms in total. The molecule has 9 heteroatoms. The van der Waals surface area contributed by atoms with Gasteiger partial charge in [0.2, 0.25) is 11.8 Å². The molecule has 21 heavy (non-hydrogen) atoms. The van der Waals surface area contributed by atoms with E-state index in [1.807, 2.05) is 4.57 Å². The third kappa shape index (κ3) is 2.54. The first-order valence-corrected chi connectivity index (χ1v) is 6.85. The Balaban J connectivity index is 1.96. The van der Waals surface area contributed by atoms with Crippen LogP contribution >= 0.6 is 11.6 Å². The van der Waals surface area contributed by atoms with Crippen LogP contribution in [0.5, 0.6) is 5.88 Å². The van der Waals surface area contributed by atoms with E-state index in [2.05, 4.69) is 25.1 Å². The average molecular weight is 309 g/mol. The van der Waals surface area contributed by atoms with Gasteiger partial charge < -0.3 is 13.8 Å². The Morgan fingerprint density at radius 3 is 2.86 bits per heavy atom. The van der Waals surface area contributed by atoms with Gasteiger partial charge in [-0.3, -0.25) is 0 Å². The largest absolute Gasteiger partial charge is 0.479 e. The summed E-state index contributed by atoms with van der Waals surface area (Å²) in [5.41, 5.74) is 1.27. The van der Waals surface area contributed by atoms with Crippen LogP contribution < -0.4 is 4.74 Å². The van der Waals surface area contributed by atoms with Crippen molar-refractivity contribution in [2.45, 2.75) is 25.8 Å². The van der Waals surface area contributed by atoms with Crippen LogP contribution in [0.25, 0.3) is 11.2 Å². The molecule has 0 spiro atoms. The standard InChI is InChI=1S/C12H13ClN6O2/c1-7-16-9(21-18-7)3-4-19-8(5-13)17-10-11(19)14-6-15-12(10)20-2/h6H,3-5H2,1-2H3. The summed E-state index contributed by atoms with van der Waals surface area (Å²) in [6.45, 7) is 2.36. The molecule has 3 rings (SSSR count). The fraction of sp³-hybridized carbons (Fsp3) is 0.417. The molecule has 0 bridgehead atoms. The van der Waals surface area contributed by atoms with Crippen molar-refractivity contribution in [1.82, 2.24) is 29.7 Å². The Morgan fingerprint density at radius 1 is 1.33 bits per heavy atom. The molecule has 110 valence electrons. The van der Waals surface area contributed by atoms with Crippen LogP contribution in [0.3, 0.4) is 0 Å². The molecule has 0 radical (unpaired) electrons. The number of rotatable bonds is 5. The SMILES string of the molecule is COc1ncnc2c1nc(CCl)n2CCc1nc(C)no1. The van der Waals surface area contributed by atoms with Crippen LogP contribution in [-0.4, -0.2) is 36.8 Å². The predicted molar refractivity (Wildman–Crippen MR) is 74.2 cm³/mol. The second-order valence-electron chi connectivity index (χ2n) is 4.35. The van der Waals surface area contributed by atoms with Gasteiger partial charge in [0.25, 0.3) is 0 Å². The summed E-state index contributed by atoms with van der Waals surface area (Å²) >= 11 is 5.96. The van der Waals surface area contributed by atoms with Gasteiger partial charge in [0, 0.05) is 13.0 Å². The van der Waals surface area contributed by atoms with Crippen molar-refractivity contribution in [2.24, 2.45) is 0 Å². The smallest absolute Gasteiger partial charge is 0.245 e. The molecule has 0 unspecified atom stereocenters. The lowest BCUT2D eigenvalue weighted by Crippen LogP contribution is -2.06. The molecule has 0 aliphatic rings. The maximum absolute atomic E-state index is 5.96. The van der Waals surface area contributed by atoms with E-state index >= 15 is 0 Å². The Bertz CT molecular complexity index is 768. The van der Waals surface area contributed by atoms with Crippen LogP contribution in [0.2, 0.25) is 0 Å². The van der Waals surface area contributed by atoms with Crippen molar-refractivity contribution in [1.29, 1.82) is 0 Å². The second-order valence-corrected chi connectivity index (χ2v) is 4.62. The number of nitrogens with zero attached hydrogens (tertiary/aromatic N) is 6. The molecule has 0 amide bonds. The lowest BCUT2D eigenvalue weighted by Gasteiger charge is -2.04. The van der Waals surface area contributed by atoms with Gasteiger partial charge in [0.05, 0.1) is 13.0 Å².